The third-order valence-electron chi connectivity index (χ3n) is 3.18. The maximum absolute atomic E-state index is 12.7. The minimum Gasteiger partial charge on any atom is -0.480 e. The number of benzene rings is 1. The lowest BCUT2D eigenvalue weighted by Crippen LogP contribution is -2.27. The van der Waals surface area contributed by atoms with E-state index < -0.39 is 16.1 Å². The molecule has 0 saturated heterocycles. The molecule has 0 spiro atoms. The Hall–Kier alpha value is -1.64. The van der Waals surface area contributed by atoms with E-state index >= 15 is 0 Å². The molecule has 1 atom stereocenters. The summed E-state index contributed by atoms with van der Waals surface area (Å²) in [6.45, 7) is 1.77. The SMILES string of the molecule is COc1nc(OC)c(S(=O)(=O)N[C@H](C)c2ccccc2)cc1Br. The zero-order valence-corrected chi connectivity index (χ0v) is 15.3. The molecule has 0 fully saturated rings. The smallest absolute Gasteiger partial charge is 0.246 e. The lowest BCUT2D eigenvalue weighted by molar-refractivity contribution is 0.354. The second kappa shape index (κ2) is 7.29. The summed E-state index contributed by atoms with van der Waals surface area (Å²) in [5.41, 5.74) is 0.857. The predicted molar refractivity (Wildman–Crippen MR) is 90.2 cm³/mol. The number of halogens is 1. The lowest BCUT2D eigenvalue weighted by atomic mass is 10.1. The monoisotopic (exact) mass is 400 g/mol. The van der Waals surface area contributed by atoms with E-state index in [0.717, 1.165) is 5.56 Å². The number of ether oxygens (including phenoxy) is 2. The van der Waals surface area contributed by atoms with Crippen LogP contribution in [0.1, 0.15) is 18.5 Å². The second-order valence-electron chi connectivity index (χ2n) is 4.74. The fourth-order valence-corrected chi connectivity index (χ4v) is 4.02. The van der Waals surface area contributed by atoms with E-state index in [-0.39, 0.29) is 16.7 Å². The standard InChI is InChI=1S/C15H17BrN2O4S/c1-10(11-7-5-4-6-8-11)18-23(19,20)13-9-12(16)14(21-2)17-15(13)22-3/h4-10,18H,1-3H3/t10-/m1/s1. The van der Waals surface area contributed by atoms with Crippen LogP contribution in [0, 0.1) is 0 Å². The zero-order chi connectivity index (χ0) is 17.0. The van der Waals surface area contributed by atoms with Crippen molar-refractivity contribution in [2.75, 3.05) is 14.2 Å². The summed E-state index contributed by atoms with van der Waals surface area (Å²) in [7, 11) is -1.02. The van der Waals surface area contributed by atoms with Gasteiger partial charge in [0.25, 0.3) is 0 Å². The van der Waals surface area contributed by atoms with Crippen molar-refractivity contribution < 1.29 is 17.9 Å². The average molecular weight is 401 g/mol. The second-order valence-corrected chi connectivity index (χ2v) is 7.28. The summed E-state index contributed by atoms with van der Waals surface area (Å²) in [6.07, 6.45) is 0. The summed E-state index contributed by atoms with van der Waals surface area (Å²) >= 11 is 3.24. The average Bonchev–Trinajstić information content (AvgIpc) is 2.55. The number of hydrogen-bond donors (Lipinski definition) is 1. The number of nitrogens with zero attached hydrogens (tertiary/aromatic N) is 1. The van der Waals surface area contributed by atoms with Crippen molar-refractivity contribution in [3.05, 3.63) is 46.4 Å². The zero-order valence-electron chi connectivity index (χ0n) is 12.9. The van der Waals surface area contributed by atoms with E-state index in [9.17, 15) is 8.42 Å². The highest BCUT2D eigenvalue weighted by atomic mass is 79.9. The summed E-state index contributed by atoms with van der Waals surface area (Å²) in [6, 6.07) is 10.3. The fraction of sp³-hybridized carbons (Fsp3) is 0.267. The molecule has 0 aliphatic heterocycles. The maximum atomic E-state index is 12.7. The van der Waals surface area contributed by atoms with Gasteiger partial charge in [0, 0.05) is 6.04 Å². The van der Waals surface area contributed by atoms with Crippen molar-refractivity contribution in [2.45, 2.75) is 17.9 Å². The number of nitrogens with one attached hydrogen (secondary N) is 1. The van der Waals surface area contributed by atoms with Gasteiger partial charge < -0.3 is 9.47 Å². The molecule has 0 saturated carbocycles. The third-order valence-corrected chi connectivity index (χ3v) is 5.29. The molecule has 23 heavy (non-hydrogen) atoms. The minimum atomic E-state index is -3.82. The van der Waals surface area contributed by atoms with Crippen molar-refractivity contribution in [3.8, 4) is 11.8 Å². The molecule has 2 aromatic rings. The van der Waals surface area contributed by atoms with Gasteiger partial charge in [-0.2, -0.15) is 4.98 Å². The molecule has 1 heterocycles. The topological polar surface area (TPSA) is 77.5 Å². The minimum absolute atomic E-state index is 0.0298. The van der Waals surface area contributed by atoms with Crippen LogP contribution < -0.4 is 14.2 Å². The van der Waals surface area contributed by atoms with E-state index in [4.69, 9.17) is 9.47 Å². The van der Waals surface area contributed by atoms with Gasteiger partial charge in [-0.1, -0.05) is 30.3 Å². The fourth-order valence-electron chi connectivity index (χ4n) is 2.03. The Balaban J connectivity index is 2.38. The first kappa shape index (κ1) is 17.7. The third kappa shape index (κ3) is 4.01. The van der Waals surface area contributed by atoms with Crippen LogP contribution in [0.2, 0.25) is 0 Å². The highest BCUT2D eigenvalue weighted by Crippen LogP contribution is 2.32. The van der Waals surface area contributed by atoms with E-state index in [2.05, 4.69) is 25.6 Å². The molecule has 0 unspecified atom stereocenters. The molecule has 0 bridgehead atoms. The van der Waals surface area contributed by atoms with Gasteiger partial charge in [0.1, 0.15) is 4.90 Å². The van der Waals surface area contributed by atoms with Gasteiger partial charge in [0.15, 0.2) is 0 Å². The number of rotatable bonds is 6. The van der Waals surface area contributed by atoms with E-state index in [0.29, 0.717) is 4.47 Å². The molecule has 1 aromatic heterocycles. The molecule has 0 amide bonds. The van der Waals surface area contributed by atoms with Crippen molar-refractivity contribution in [3.63, 3.8) is 0 Å². The Labute approximate surface area is 144 Å². The molecule has 8 heteroatoms. The first-order chi connectivity index (χ1) is 10.9. The summed E-state index contributed by atoms with van der Waals surface area (Å²) in [5, 5.41) is 0. The molecule has 2 rings (SSSR count). The first-order valence-electron chi connectivity index (χ1n) is 6.75. The molecule has 0 radical (unpaired) electrons. The van der Waals surface area contributed by atoms with Crippen molar-refractivity contribution in [1.29, 1.82) is 0 Å². The van der Waals surface area contributed by atoms with Gasteiger partial charge in [-0.3, -0.25) is 0 Å². The highest BCUT2D eigenvalue weighted by Gasteiger charge is 2.25. The number of sulfonamides is 1. The predicted octanol–water partition coefficient (Wildman–Crippen LogP) is 2.90. The molecular formula is C15H17BrN2O4S. The number of methoxy groups -OCH3 is 2. The van der Waals surface area contributed by atoms with Crippen molar-refractivity contribution in [2.24, 2.45) is 0 Å². The summed E-state index contributed by atoms with van der Waals surface area (Å²) < 4.78 is 38.5. The summed E-state index contributed by atoms with van der Waals surface area (Å²) in [5.74, 6) is 0.217. The lowest BCUT2D eigenvalue weighted by Gasteiger charge is -2.16. The summed E-state index contributed by atoms with van der Waals surface area (Å²) in [4.78, 5) is 3.99. The number of hydrogen-bond acceptors (Lipinski definition) is 5. The molecule has 6 nitrogen and oxygen atoms in total. The molecule has 124 valence electrons. The van der Waals surface area contributed by atoms with Gasteiger partial charge in [-0.05, 0) is 34.5 Å². The Morgan fingerprint density at radius 1 is 1.13 bits per heavy atom. The van der Waals surface area contributed by atoms with Gasteiger partial charge in [-0.25, -0.2) is 13.1 Å². The Morgan fingerprint density at radius 3 is 2.30 bits per heavy atom. The van der Waals surface area contributed by atoms with E-state index in [1.807, 2.05) is 30.3 Å². The maximum Gasteiger partial charge on any atom is 0.246 e. The van der Waals surface area contributed by atoms with Crippen molar-refractivity contribution in [1.82, 2.24) is 9.71 Å². The molecule has 0 aliphatic carbocycles. The van der Waals surface area contributed by atoms with Crippen LogP contribution in [0.5, 0.6) is 11.8 Å². The van der Waals surface area contributed by atoms with E-state index in [1.54, 1.807) is 6.92 Å². The molecule has 1 N–H and O–H groups in total. The molecular weight excluding hydrogens is 384 g/mol. The molecule has 0 aliphatic rings. The Bertz CT molecular complexity index is 782. The van der Waals surface area contributed by atoms with Crippen molar-refractivity contribution >= 4 is 26.0 Å². The van der Waals surface area contributed by atoms with Crippen LogP contribution in [-0.4, -0.2) is 27.6 Å². The number of pyridine rings is 1. The highest BCUT2D eigenvalue weighted by molar-refractivity contribution is 9.10. The Morgan fingerprint density at radius 2 is 1.74 bits per heavy atom. The Kier molecular flexibility index (Phi) is 5.61. The van der Waals surface area contributed by atoms with Gasteiger partial charge in [0.2, 0.25) is 21.8 Å². The number of aromatic nitrogens is 1. The van der Waals surface area contributed by atoms with Crippen LogP contribution in [0.4, 0.5) is 0 Å². The van der Waals surface area contributed by atoms with Crippen LogP contribution >= 0.6 is 15.9 Å². The van der Waals surface area contributed by atoms with Gasteiger partial charge in [-0.15, -0.1) is 0 Å². The van der Waals surface area contributed by atoms with Crippen LogP contribution in [-0.2, 0) is 10.0 Å². The van der Waals surface area contributed by atoms with Crippen LogP contribution in [0.3, 0.4) is 0 Å². The largest absolute Gasteiger partial charge is 0.480 e. The normalized spacial score (nSPS) is 12.7. The molecule has 1 aromatic carbocycles. The van der Waals surface area contributed by atoms with E-state index in [1.165, 1.54) is 20.3 Å². The first-order valence-corrected chi connectivity index (χ1v) is 9.02. The quantitative estimate of drug-likeness (QED) is 0.806. The van der Waals surface area contributed by atoms with Crippen LogP contribution in [0.25, 0.3) is 0 Å². The van der Waals surface area contributed by atoms with Crippen LogP contribution in [0.15, 0.2) is 45.8 Å². The van der Waals surface area contributed by atoms with Gasteiger partial charge >= 0.3 is 0 Å². The van der Waals surface area contributed by atoms with Gasteiger partial charge in [0.05, 0.1) is 18.7 Å².